The lowest BCUT2D eigenvalue weighted by atomic mass is 10.1. The van der Waals surface area contributed by atoms with E-state index in [1.54, 1.807) is 24.1 Å². The number of rotatable bonds is 0. The monoisotopic (exact) mass is 383 g/mol. The van der Waals surface area contributed by atoms with Crippen molar-refractivity contribution in [2.24, 2.45) is 0 Å². The van der Waals surface area contributed by atoms with E-state index in [9.17, 15) is 9.59 Å². The number of likely N-dealkylation sites (N-methyl/N-ethyl adjacent to an activating group) is 1. The molecule has 0 aliphatic carbocycles. The summed E-state index contributed by atoms with van der Waals surface area (Å²) in [4.78, 5) is 38.6. The third kappa shape index (κ3) is 3.36. The number of carbonyl (C=O) groups excluding carboxylic acids is 2. The number of carbonyl (C=O) groups is 2. The molecular weight excluding hydrogens is 362 g/mol. The van der Waals surface area contributed by atoms with Crippen LogP contribution in [0.25, 0.3) is 11.6 Å². The second-order valence-corrected chi connectivity index (χ2v) is 6.93. The van der Waals surface area contributed by atoms with Gasteiger partial charge in [0.1, 0.15) is 12.3 Å². The number of fused-ring (bicyclic) bond motifs is 2. The van der Waals surface area contributed by atoms with Gasteiger partial charge < -0.3 is 24.7 Å². The number of nitrogens with zero attached hydrogens (tertiary/aromatic N) is 3. The van der Waals surface area contributed by atoms with E-state index in [0.717, 1.165) is 5.69 Å². The number of aromatic nitrogens is 3. The lowest BCUT2D eigenvalue weighted by Crippen LogP contribution is -2.32. The van der Waals surface area contributed by atoms with Gasteiger partial charge in [-0.05, 0) is 26.0 Å². The van der Waals surface area contributed by atoms with Crippen molar-refractivity contribution in [3.8, 4) is 6.01 Å². The summed E-state index contributed by atoms with van der Waals surface area (Å²) < 4.78 is 11.3. The highest BCUT2D eigenvalue weighted by molar-refractivity contribution is 6.34. The minimum atomic E-state index is -0.304. The van der Waals surface area contributed by atoms with Crippen molar-refractivity contribution in [3.05, 3.63) is 34.9 Å². The maximum Gasteiger partial charge on any atom is 0.317 e. The molecule has 2 aliphatic rings. The average molecular weight is 383 g/mol. The van der Waals surface area contributed by atoms with Crippen molar-refractivity contribution < 1.29 is 19.1 Å². The van der Waals surface area contributed by atoms with E-state index in [-0.39, 0.29) is 30.5 Å². The molecule has 2 aliphatic heterocycles. The molecule has 0 saturated heterocycles. The molecule has 2 bridgehead atoms. The molecule has 9 nitrogen and oxygen atoms in total. The van der Waals surface area contributed by atoms with Crippen LogP contribution in [0.1, 0.15) is 34.4 Å². The van der Waals surface area contributed by atoms with Crippen molar-refractivity contribution in [3.63, 3.8) is 0 Å². The van der Waals surface area contributed by atoms with E-state index < -0.39 is 0 Å². The molecule has 0 aromatic carbocycles. The summed E-state index contributed by atoms with van der Waals surface area (Å²) in [6.07, 6.45) is 2.95. The van der Waals surface area contributed by atoms with Gasteiger partial charge in [-0.2, -0.15) is 4.98 Å². The van der Waals surface area contributed by atoms with E-state index in [1.165, 1.54) is 6.20 Å². The Kier molecular flexibility index (Phi) is 4.60. The van der Waals surface area contributed by atoms with Gasteiger partial charge in [0.2, 0.25) is 0 Å². The van der Waals surface area contributed by atoms with Gasteiger partial charge in [0, 0.05) is 19.3 Å². The maximum atomic E-state index is 12.9. The number of nitrogens with one attached hydrogen (secondary N) is 2. The van der Waals surface area contributed by atoms with E-state index >= 15 is 0 Å². The van der Waals surface area contributed by atoms with E-state index in [1.807, 2.05) is 13.8 Å². The summed E-state index contributed by atoms with van der Waals surface area (Å²) in [7, 11) is 1.72. The Hall–Kier alpha value is -3.20. The van der Waals surface area contributed by atoms with E-state index in [2.05, 4.69) is 20.3 Å². The van der Waals surface area contributed by atoms with Crippen LogP contribution in [0.4, 0.5) is 5.69 Å². The summed E-state index contributed by atoms with van der Waals surface area (Å²) in [5.74, 6) is -0.456. The summed E-state index contributed by atoms with van der Waals surface area (Å²) in [5, 5.41) is 2.74. The van der Waals surface area contributed by atoms with Gasteiger partial charge in [-0.1, -0.05) is 0 Å². The number of amides is 2. The standard InChI is InChI=1S/C19H21N5O4/c1-10-6-12-14(21-10)7-13-16-15(22-17(13)25)8-20-19(23-16)28-9-11(2)27-5-4-24(3)18(12)26/h6-8,11,21H,4-5,9H2,1-3H3,(H,22,25)/b13-7-/t11-/m1/s1. The summed E-state index contributed by atoms with van der Waals surface area (Å²) in [6.45, 7) is 4.80. The second-order valence-electron chi connectivity index (χ2n) is 6.93. The van der Waals surface area contributed by atoms with Crippen molar-refractivity contribution in [2.75, 3.05) is 32.1 Å². The Morgan fingerprint density at radius 3 is 2.96 bits per heavy atom. The molecule has 28 heavy (non-hydrogen) atoms. The average Bonchev–Trinajstić information content (AvgIpc) is 3.18. The number of anilines is 1. The fraction of sp³-hybridized carbons (Fsp3) is 0.368. The lowest BCUT2D eigenvalue weighted by molar-refractivity contribution is -0.110. The highest BCUT2D eigenvalue weighted by Gasteiger charge is 2.28. The van der Waals surface area contributed by atoms with Crippen LogP contribution in [0.3, 0.4) is 0 Å². The largest absolute Gasteiger partial charge is 0.461 e. The zero-order chi connectivity index (χ0) is 19.8. The first-order valence-electron chi connectivity index (χ1n) is 9.02. The van der Waals surface area contributed by atoms with Gasteiger partial charge in [-0.3, -0.25) is 9.59 Å². The van der Waals surface area contributed by atoms with Crippen LogP contribution in [-0.2, 0) is 9.53 Å². The number of ether oxygens (including phenoxy) is 2. The zero-order valence-corrected chi connectivity index (χ0v) is 15.9. The first-order chi connectivity index (χ1) is 13.4. The molecule has 0 fully saturated rings. The Labute approximate surface area is 161 Å². The van der Waals surface area contributed by atoms with Gasteiger partial charge in [-0.25, -0.2) is 4.98 Å². The fourth-order valence-electron chi connectivity index (χ4n) is 3.15. The molecule has 0 spiro atoms. The van der Waals surface area contributed by atoms with Crippen LogP contribution in [0.2, 0.25) is 0 Å². The number of H-pyrrole nitrogens is 1. The minimum Gasteiger partial charge on any atom is -0.461 e. The molecule has 0 unspecified atom stereocenters. The van der Waals surface area contributed by atoms with Gasteiger partial charge in [0.25, 0.3) is 11.8 Å². The van der Waals surface area contributed by atoms with Crippen molar-refractivity contribution in [1.29, 1.82) is 0 Å². The topological polar surface area (TPSA) is 109 Å². The van der Waals surface area contributed by atoms with Gasteiger partial charge >= 0.3 is 6.01 Å². The normalized spacial score (nSPS) is 21.8. The molecule has 9 heteroatoms. The fourth-order valence-corrected chi connectivity index (χ4v) is 3.15. The molecule has 4 heterocycles. The highest BCUT2D eigenvalue weighted by atomic mass is 16.5. The van der Waals surface area contributed by atoms with Gasteiger partial charge in [0.15, 0.2) is 0 Å². The number of aromatic amines is 1. The Morgan fingerprint density at radius 1 is 1.32 bits per heavy atom. The van der Waals surface area contributed by atoms with Crippen LogP contribution in [-0.4, -0.2) is 64.6 Å². The van der Waals surface area contributed by atoms with Crippen LogP contribution in [0.5, 0.6) is 6.01 Å². The smallest absolute Gasteiger partial charge is 0.317 e. The Balaban J connectivity index is 1.83. The molecular formula is C19H21N5O4. The quantitative estimate of drug-likeness (QED) is 0.713. The highest BCUT2D eigenvalue weighted by Crippen LogP contribution is 2.32. The predicted molar refractivity (Wildman–Crippen MR) is 102 cm³/mol. The van der Waals surface area contributed by atoms with Crippen LogP contribution >= 0.6 is 0 Å². The van der Waals surface area contributed by atoms with Crippen LogP contribution < -0.4 is 10.1 Å². The molecule has 2 amide bonds. The van der Waals surface area contributed by atoms with Crippen molar-refractivity contribution in [2.45, 2.75) is 20.0 Å². The van der Waals surface area contributed by atoms with Crippen molar-refractivity contribution >= 4 is 29.2 Å². The van der Waals surface area contributed by atoms with E-state index in [0.29, 0.717) is 41.4 Å². The van der Waals surface area contributed by atoms with Gasteiger partial charge in [0.05, 0.1) is 41.4 Å². The number of hydrogen-bond acceptors (Lipinski definition) is 6. The molecule has 2 N–H and O–H groups in total. The summed E-state index contributed by atoms with van der Waals surface area (Å²) in [6, 6.07) is 1.94. The third-order valence-corrected chi connectivity index (χ3v) is 4.64. The van der Waals surface area contributed by atoms with Crippen molar-refractivity contribution in [1.82, 2.24) is 19.9 Å². The SMILES string of the molecule is Cc1cc2c([nH]1)/C=C1\C(=O)Nc3cnc(nc31)OC[C@@H](C)OCCN(C)C2=O. The lowest BCUT2D eigenvalue weighted by Gasteiger charge is -2.19. The van der Waals surface area contributed by atoms with Crippen LogP contribution in [0.15, 0.2) is 12.3 Å². The molecule has 0 saturated carbocycles. The Morgan fingerprint density at radius 2 is 2.14 bits per heavy atom. The summed E-state index contributed by atoms with van der Waals surface area (Å²) in [5.41, 5.74) is 3.16. The first-order valence-corrected chi connectivity index (χ1v) is 9.02. The van der Waals surface area contributed by atoms with E-state index in [4.69, 9.17) is 9.47 Å². The molecule has 2 aromatic heterocycles. The molecule has 2 aromatic rings. The van der Waals surface area contributed by atoms with Gasteiger partial charge in [-0.15, -0.1) is 0 Å². The maximum absolute atomic E-state index is 12.9. The number of aryl methyl sites for hydroxylation is 1. The molecule has 0 radical (unpaired) electrons. The second kappa shape index (κ2) is 7.08. The minimum absolute atomic E-state index is 0.152. The molecule has 1 atom stereocenters. The summed E-state index contributed by atoms with van der Waals surface area (Å²) >= 11 is 0. The zero-order valence-electron chi connectivity index (χ0n) is 15.9. The molecule has 4 rings (SSSR count). The first kappa shape index (κ1) is 18.2. The predicted octanol–water partition coefficient (Wildman–Crippen LogP) is 1.48. The number of hydrogen-bond donors (Lipinski definition) is 2. The Bertz CT molecular complexity index is 981. The van der Waals surface area contributed by atoms with Crippen LogP contribution in [0, 0.1) is 6.92 Å². The molecule has 146 valence electrons. The third-order valence-electron chi connectivity index (χ3n) is 4.64.